The van der Waals surface area contributed by atoms with Crippen molar-refractivity contribution in [1.29, 1.82) is 5.26 Å². The van der Waals surface area contributed by atoms with Crippen molar-refractivity contribution < 1.29 is 8.78 Å². The molecule has 0 spiro atoms. The first-order valence-electron chi connectivity index (χ1n) is 5.91. The van der Waals surface area contributed by atoms with Gasteiger partial charge in [-0.05, 0) is 30.9 Å². The molecule has 4 heteroatoms. The van der Waals surface area contributed by atoms with E-state index in [1.807, 2.05) is 0 Å². The molecule has 0 radical (unpaired) electrons. The number of nitriles is 1. The molecule has 0 aliphatic carbocycles. The van der Waals surface area contributed by atoms with Crippen molar-refractivity contribution in [2.45, 2.75) is 32.1 Å². The molecule has 1 aromatic rings. The van der Waals surface area contributed by atoms with Crippen molar-refractivity contribution in [2.24, 2.45) is 5.92 Å². The predicted octanol–water partition coefficient (Wildman–Crippen LogP) is 4.40. The summed E-state index contributed by atoms with van der Waals surface area (Å²) in [6.45, 7) is 3.59. The molecule has 98 valence electrons. The Morgan fingerprint density at radius 1 is 1.33 bits per heavy atom. The van der Waals surface area contributed by atoms with Gasteiger partial charge in [0.05, 0.1) is 11.5 Å². The Balaban J connectivity index is 3.39. The minimum atomic E-state index is -1.16. The summed E-state index contributed by atoms with van der Waals surface area (Å²) in [7, 11) is 0. The van der Waals surface area contributed by atoms with Crippen LogP contribution in [-0.2, 0) is 5.41 Å². The van der Waals surface area contributed by atoms with Crippen molar-refractivity contribution in [3.8, 4) is 6.07 Å². The third kappa shape index (κ3) is 2.64. The summed E-state index contributed by atoms with van der Waals surface area (Å²) in [6.07, 6.45) is 0.892. The van der Waals surface area contributed by atoms with Crippen molar-refractivity contribution in [2.75, 3.05) is 5.88 Å². The van der Waals surface area contributed by atoms with E-state index in [2.05, 4.69) is 6.07 Å². The monoisotopic (exact) mass is 271 g/mol. The van der Waals surface area contributed by atoms with Gasteiger partial charge < -0.3 is 0 Å². The highest BCUT2D eigenvalue weighted by Gasteiger charge is 2.40. The quantitative estimate of drug-likeness (QED) is 0.728. The van der Waals surface area contributed by atoms with Crippen LogP contribution in [0.5, 0.6) is 0 Å². The lowest BCUT2D eigenvalue weighted by Crippen LogP contribution is -2.33. The number of hydrogen-bond donors (Lipinski definition) is 0. The molecule has 1 unspecified atom stereocenters. The highest BCUT2D eigenvalue weighted by molar-refractivity contribution is 6.17. The van der Waals surface area contributed by atoms with Crippen LogP contribution in [-0.4, -0.2) is 5.88 Å². The summed E-state index contributed by atoms with van der Waals surface area (Å²) in [4.78, 5) is 0. The topological polar surface area (TPSA) is 23.8 Å². The van der Waals surface area contributed by atoms with Gasteiger partial charge in [0.1, 0.15) is 11.6 Å². The lowest BCUT2D eigenvalue weighted by Gasteiger charge is -2.31. The van der Waals surface area contributed by atoms with E-state index in [0.29, 0.717) is 18.7 Å². The highest BCUT2D eigenvalue weighted by atomic mass is 35.5. The SMILES string of the molecule is CC(C)C(C#N)(CCCCl)c1c(F)cccc1F. The summed E-state index contributed by atoms with van der Waals surface area (Å²) >= 11 is 5.64. The number of halogens is 3. The molecule has 0 aliphatic heterocycles. The van der Waals surface area contributed by atoms with E-state index in [4.69, 9.17) is 11.6 Å². The molecular formula is C14H16ClF2N. The lowest BCUT2D eigenvalue weighted by molar-refractivity contribution is 0.337. The minimum Gasteiger partial charge on any atom is -0.207 e. The van der Waals surface area contributed by atoms with Crippen LogP contribution in [0.15, 0.2) is 18.2 Å². The van der Waals surface area contributed by atoms with Crippen LogP contribution in [0, 0.1) is 28.9 Å². The zero-order chi connectivity index (χ0) is 13.8. The largest absolute Gasteiger partial charge is 0.207 e. The molecule has 0 bridgehead atoms. The van der Waals surface area contributed by atoms with Gasteiger partial charge in [-0.15, -0.1) is 11.6 Å². The normalized spacial score (nSPS) is 14.3. The first kappa shape index (κ1) is 14.9. The van der Waals surface area contributed by atoms with E-state index in [1.54, 1.807) is 13.8 Å². The minimum absolute atomic E-state index is 0.132. The standard InChI is InChI=1S/C14H16ClF2N/c1-10(2)14(9-18,7-4-8-15)13-11(16)5-3-6-12(13)17/h3,5-6,10H,4,7-8H2,1-2H3. The molecular weight excluding hydrogens is 256 g/mol. The first-order chi connectivity index (χ1) is 8.49. The molecule has 1 aromatic carbocycles. The molecule has 0 amide bonds. The van der Waals surface area contributed by atoms with Crippen LogP contribution in [0.3, 0.4) is 0 Å². The highest BCUT2D eigenvalue weighted by Crippen LogP contribution is 2.39. The number of hydrogen-bond acceptors (Lipinski definition) is 1. The predicted molar refractivity (Wildman–Crippen MR) is 68.4 cm³/mol. The number of benzene rings is 1. The smallest absolute Gasteiger partial charge is 0.130 e. The zero-order valence-electron chi connectivity index (χ0n) is 10.5. The van der Waals surface area contributed by atoms with Gasteiger partial charge in [0, 0.05) is 11.4 Å². The second kappa shape index (κ2) is 6.15. The third-order valence-electron chi connectivity index (χ3n) is 3.30. The van der Waals surface area contributed by atoms with E-state index in [1.165, 1.54) is 18.2 Å². The van der Waals surface area contributed by atoms with Crippen LogP contribution < -0.4 is 0 Å². The maximum atomic E-state index is 13.9. The average molecular weight is 272 g/mol. The summed E-state index contributed by atoms with van der Waals surface area (Å²) in [6, 6.07) is 5.79. The fourth-order valence-electron chi connectivity index (χ4n) is 2.21. The Hall–Kier alpha value is -1.14. The van der Waals surface area contributed by atoms with Crippen molar-refractivity contribution in [3.63, 3.8) is 0 Å². The third-order valence-corrected chi connectivity index (χ3v) is 3.57. The summed E-state index contributed by atoms with van der Waals surface area (Å²) in [5.41, 5.74) is -1.29. The van der Waals surface area contributed by atoms with Gasteiger partial charge in [0.25, 0.3) is 0 Å². The van der Waals surface area contributed by atoms with Gasteiger partial charge in [-0.25, -0.2) is 8.78 Å². The van der Waals surface area contributed by atoms with Gasteiger partial charge in [0.15, 0.2) is 0 Å². The van der Waals surface area contributed by atoms with Crippen molar-refractivity contribution in [1.82, 2.24) is 0 Å². The molecule has 1 nitrogen and oxygen atoms in total. The molecule has 0 N–H and O–H groups in total. The van der Waals surface area contributed by atoms with Gasteiger partial charge in [-0.1, -0.05) is 19.9 Å². The molecule has 0 aliphatic rings. The first-order valence-corrected chi connectivity index (χ1v) is 6.44. The maximum Gasteiger partial charge on any atom is 0.130 e. The molecule has 0 saturated heterocycles. The van der Waals surface area contributed by atoms with E-state index in [-0.39, 0.29) is 11.5 Å². The molecule has 0 fully saturated rings. The van der Waals surface area contributed by atoms with Gasteiger partial charge >= 0.3 is 0 Å². The number of alkyl halides is 1. The molecule has 1 rings (SSSR count). The Bertz CT molecular complexity index is 433. The molecule has 0 aromatic heterocycles. The maximum absolute atomic E-state index is 13.9. The molecule has 0 heterocycles. The summed E-state index contributed by atoms with van der Waals surface area (Å²) in [5.74, 6) is -1.16. The Kier molecular flexibility index (Phi) is 5.10. The fourth-order valence-corrected chi connectivity index (χ4v) is 2.35. The van der Waals surface area contributed by atoms with Gasteiger partial charge in [-0.3, -0.25) is 0 Å². The Labute approximate surface area is 111 Å². The van der Waals surface area contributed by atoms with Crippen LogP contribution >= 0.6 is 11.6 Å². The number of rotatable bonds is 5. The average Bonchev–Trinajstić information content (AvgIpc) is 2.32. The zero-order valence-corrected chi connectivity index (χ0v) is 11.3. The lowest BCUT2D eigenvalue weighted by atomic mass is 9.69. The van der Waals surface area contributed by atoms with Gasteiger partial charge in [0.2, 0.25) is 0 Å². The second-order valence-electron chi connectivity index (χ2n) is 4.63. The van der Waals surface area contributed by atoms with Crippen LogP contribution in [0.2, 0.25) is 0 Å². The van der Waals surface area contributed by atoms with E-state index in [9.17, 15) is 14.0 Å². The second-order valence-corrected chi connectivity index (χ2v) is 5.01. The fraction of sp³-hybridized carbons (Fsp3) is 0.500. The number of nitrogens with zero attached hydrogens (tertiary/aromatic N) is 1. The Morgan fingerprint density at radius 2 is 1.89 bits per heavy atom. The van der Waals surface area contributed by atoms with E-state index < -0.39 is 17.0 Å². The van der Waals surface area contributed by atoms with Crippen molar-refractivity contribution in [3.05, 3.63) is 35.4 Å². The molecule has 1 atom stereocenters. The van der Waals surface area contributed by atoms with Crippen LogP contribution in [0.4, 0.5) is 8.78 Å². The molecule has 0 saturated carbocycles. The van der Waals surface area contributed by atoms with E-state index >= 15 is 0 Å². The molecule has 18 heavy (non-hydrogen) atoms. The van der Waals surface area contributed by atoms with Crippen LogP contribution in [0.25, 0.3) is 0 Å². The van der Waals surface area contributed by atoms with E-state index in [0.717, 1.165) is 0 Å². The summed E-state index contributed by atoms with van der Waals surface area (Å²) < 4.78 is 27.8. The Morgan fingerprint density at radius 3 is 2.28 bits per heavy atom. The van der Waals surface area contributed by atoms with Gasteiger partial charge in [-0.2, -0.15) is 5.26 Å². The summed E-state index contributed by atoms with van der Waals surface area (Å²) in [5, 5.41) is 9.45. The van der Waals surface area contributed by atoms with Crippen LogP contribution in [0.1, 0.15) is 32.3 Å². The van der Waals surface area contributed by atoms with Crippen molar-refractivity contribution >= 4 is 11.6 Å².